The number of nitrogens with zero attached hydrogens (tertiary/aromatic N) is 3. The summed E-state index contributed by atoms with van der Waals surface area (Å²) in [5.41, 5.74) is 4.24. The van der Waals surface area contributed by atoms with Gasteiger partial charge in [0, 0.05) is 17.5 Å². The molecule has 2 heterocycles. The Hall–Kier alpha value is -3.34. The summed E-state index contributed by atoms with van der Waals surface area (Å²) in [5, 5.41) is 4.43. The van der Waals surface area contributed by atoms with Crippen LogP contribution < -0.4 is 4.74 Å². The van der Waals surface area contributed by atoms with Crippen LogP contribution in [0.25, 0.3) is 11.5 Å². The first-order valence-corrected chi connectivity index (χ1v) is 9.97. The first kappa shape index (κ1) is 19.0. The summed E-state index contributed by atoms with van der Waals surface area (Å²) >= 11 is 0. The van der Waals surface area contributed by atoms with E-state index in [1.807, 2.05) is 55.6 Å². The third-order valence-electron chi connectivity index (χ3n) is 4.86. The van der Waals surface area contributed by atoms with E-state index in [2.05, 4.69) is 39.9 Å². The number of hydrogen-bond donors (Lipinski definition) is 0. The Morgan fingerprint density at radius 2 is 1.79 bits per heavy atom. The summed E-state index contributed by atoms with van der Waals surface area (Å²) in [6.07, 6.45) is 4.03. The van der Waals surface area contributed by atoms with Crippen LogP contribution in [-0.2, 0) is 19.6 Å². The number of oxazole rings is 1. The lowest BCUT2D eigenvalue weighted by Crippen LogP contribution is -2.06. The van der Waals surface area contributed by atoms with Gasteiger partial charge >= 0.3 is 0 Å². The fourth-order valence-corrected chi connectivity index (χ4v) is 3.25. The zero-order valence-corrected chi connectivity index (χ0v) is 16.8. The first-order chi connectivity index (χ1) is 14.2. The average molecular weight is 387 g/mol. The molecule has 2 aromatic heterocycles. The molecule has 0 radical (unpaired) electrons. The van der Waals surface area contributed by atoms with Crippen molar-refractivity contribution in [2.24, 2.45) is 0 Å². The summed E-state index contributed by atoms with van der Waals surface area (Å²) in [6.45, 7) is 5.24. The van der Waals surface area contributed by atoms with Crippen LogP contribution in [0.1, 0.15) is 36.1 Å². The van der Waals surface area contributed by atoms with Crippen LogP contribution in [0.15, 0.2) is 71.3 Å². The fourth-order valence-electron chi connectivity index (χ4n) is 3.25. The van der Waals surface area contributed by atoms with Crippen molar-refractivity contribution in [3.8, 4) is 17.2 Å². The number of hydrogen-bond acceptors (Lipinski definition) is 4. The third kappa shape index (κ3) is 4.57. The molecule has 0 saturated heterocycles. The Morgan fingerprint density at radius 1 is 1.00 bits per heavy atom. The highest BCUT2D eigenvalue weighted by molar-refractivity contribution is 5.53. The lowest BCUT2D eigenvalue weighted by Gasteiger charge is -2.09. The van der Waals surface area contributed by atoms with Crippen molar-refractivity contribution >= 4 is 0 Å². The van der Waals surface area contributed by atoms with Crippen molar-refractivity contribution in [3.05, 3.63) is 89.6 Å². The van der Waals surface area contributed by atoms with Crippen molar-refractivity contribution in [1.82, 2.24) is 14.8 Å². The molecule has 0 saturated carbocycles. The summed E-state index contributed by atoms with van der Waals surface area (Å²) in [5.74, 6) is 2.22. The van der Waals surface area contributed by atoms with Crippen molar-refractivity contribution < 1.29 is 9.15 Å². The Bertz CT molecular complexity index is 1050. The summed E-state index contributed by atoms with van der Waals surface area (Å²) in [6, 6.07) is 20.1. The van der Waals surface area contributed by atoms with Gasteiger partial charge < -0.3 is 9.15 Å². The molecule has 0 fully saturated rings. The molecular weight excluding hydrogens is 362 g/mol. The standard InChI is InChI=1S/C24H25N3O2/c1-3-7-21-14-15-25-27(21)16-19-10-12-22(13-11-19)28-17-23-18(2)29-24(26-23)20-8-5-4-6-9-20/h4-6,8-15H,3,7,16-17H2,1-2H3. The van der Waals surface area contributed by atoms with Gasteiger partial charge in [0.15, 0.2) is 0 Å². The molecule has 0 unspecified atom stereocenters. The van der Waals surface area contributed by atoms with Gasteiger partial charge in [-0.05, 0) is 49.2 Å². The Morgan fingerprint density at radius 3 is 2.55 bits per heavy atom. The van der Waals surface area contributed by atoms with E-state index in [4.69, 9.17) is 9.15 Å². The normalized spacial score (nSPS) is 11.0. The molecule has 0 aliphatic rings. The molecule has 5 nitrogen and oxygen atoms in total. The largest absolute Gasteiger partial charge is 0.487 e. The smallest absolute Gasteiger partial charge is 0.226 e. The molecule has 4 rings (SSSR count). The van der Waals surface area contributed by atoms with Crippen LogP contribution in [0.3, 0.4) is 0 Å². The molecular formula is C24H25N3O2. The molecule has 0 bridgehead atoms. The maximum absolute atomic E-state index is 5.93. The van der Waals surface area contributed by atoms with Gasteiger partial charge in [-0.25, -0.2) is 4.98 Å². The predicted molar refractivity (Wildman–Crippen MR) is 113 cm³/mol. The zero-order chi connectivity index (χ0) is 20.1. The average Bonchev–Trinajstić information content (AvgIpc) is 3.35. The molecule has 0 atom stereocenters. The zero-order valence-electron chi connectivity index (χ0n) is 16.8. The molecule has 0 amide bonds. The van der Waals surface area contributed by atoms with E-state index in [9.17, 15) is 0 Å². The number of rotatable bonds is 8. The molecule has 4 aromatic rings. The minimum atomic E-state index is 0.376. The highest BCUT2D eigenvalue weighted by Gasteiger charge is 2.12. The maximum atomic E-state index is 5.93. The van der Waals surface area contributed by atoms with Gasteiger partial charge in [0.05, 0.1) is 6.54 Å². The van der Waals surface area contributed by atoms with E-state index < -0.39 is 0 Å². The van der Waals surface area contributed by atoms with Crippen LogP contribution in [-0.4, -0.2) is 14.8 Å². The number of ether oxygens (including phenoxy) is 1. The molecule has 0 N–H and O–H groups in total. The number of benzene rings is 2. The summed E-state index contributed by atoms with van der Waals surface area (Å²) < 4.78 is 13.8. The topological polar surface area (TPSA) is 53.1 Å². The van der Waals surface area contributed by atoms with Crippen LogP contribution in [0, 0.1) is 6.92 Å². The molecule has 0 spiro atoms. The molecule has 2 aromatic carbocycles. The molecule has 5 heteroatoms. The van der Waals surface area contributed by atoms with Crippen LogP contribution in [0.4, 0.5) is 0 Å². The second kappa shape index (κ2) is 8.78. The van der Waals surface area contributed by atoms with Gasteiger partial charge in [0.2, 0.25) is 5.89 Å². The SMILES string of the molecule is CCCc1ccnn1Cc1ccc(OCc2nc(-c3ccccc3)oc2C)cc1. The quantitative estimate of drug-likeness (QED) is 0.405. The van der Waals surface area contributed by atoms with Gasteiger partial charge in [-0.15, -0.1) is 0 Å². The Balaban J connectivity index is 1.38. The monoisotopic (exact) mass is 387 g/mol. The van der Waals surface area contributed by atoms with Gasteiger partial charge in [-0.3, -0.25) is 4.68 Å². The van der Waals surface area contributed by atoms with Gasteiger partial charge in [0.25, 0.3) is 0 Å². The van der Waals surface area contributed by atoms with Crippen LogP contribution >= 0.6 is 0 Å². The van der Waals surface area contributed by atoms with Crippen molar-refractivity contribution in [3.63, 3.8) is 0 Å². The van der Waals surface area contributed by atoms with Gasteiger partial charge in [-0.1, -0.05) is 43.7 Å². The van der Waals surface area contributed by atoms with Crippen molar-refractivity contribution in [2.75, 3.05) is 0 Å². The van der Waals surface area contributed by atoms with Crippen LogP contribution in [0.2, 0.25) is 0 Å². The molecule has 0 aliphatic heterocycles. The van der Waals surface area contributed by atoms with Gasteiger partial charge in [-0.2, -0.15) is 5.10 Å². The predicted octanol–water partition coefficient (Wildman–Crippen LogP) is 5.43. The lowest BCUT2D eigenvalue weighted by molar-refractivity contribution is 0.299. The maximum Gasteiger partial charge on any atom is 0.226 e. The number of aryl methyl sites for hydroxylation is 2. The lowest BCUT2D eigenvalue weighted by atomic mass is 10.2. The van der Waals surface area contributed by atoms with E-state index in [1.54, 1.807) is 0 Å². The summed E-state index contributed by atoms with van der Waals surface area (Å²) in [4.78, 5) is 4.59. The Kier molecular flexibility index (Phi) is 5.75. The second-order valence-corrected chi connectivity index (χ2v) is 7.05. The van der Waals surface area contributed by atoms with Crippen molar-refractivity contribution in [1.29, 1.82) is 0 Å². The second-order valence-electron chi connectivity index (χ2n) is 7.05. The van der Waals surface area contributed by atoms with Crippen LogP contribution in [0.5, 0.6) is 5.75 Å². The highest BCUT2D eigenvalue weighted by Crippen LogP contribution is 2.23. The minimum absolute atomic E-state index is 0.376. The molecule has 29 heavy (non-hydrogen) atoms. The van der Waals surface area contributed by atoms with Gasteiger partial charge in [0.1, 0.15) is 23.8 Å². The number of aromatic nitrogens is 3. The van der Waals surface area contributed by atoms with Crippen molar-refractivity contribution in [2.45, 2.75) is 39.8 Å². The fraction of sp³-hybridized carbons (Fsp3) is 0.250. The van der Waals surface area contributed by atoms with E-state index in [1.165, 1.54) is 11.3 Å². The minimum Gasteiger partial charge on any atom is -0.487 e. The molecule has 0 aliphatic carbocycles. The van der Waals surface area contributed by atoms with E-state index in [0.29, 0.717) is 12.5 Å². The first-order valence-electron chi connectivity index (χ1n) is 9.97. The Labute approximate surface area is 171 Å². The van der Waals surface area contributed by atoms with E-state index in [-0.39, 0.29) is 0 Å². The third-order valence-corrected chi connectivity index (χ3v) is 4.86. The molecule has 148 valence electrons. The summed E-state index contributed by atoms with van der Waals surface area (Å²) in [7, 11) is 0. The van der Waals surface area contributed by atoms with E-state index in [0.717, 1.165) is 42.2 Å². The highest BCUT2D eigenvalue weighted by atomic mass is 16.5. The van der Waals surface area contributed by atoms with E-state index >= 15 is 0 Å².